The Bertz CT molecular complexity index is 461. The van der Waals surface area contributed by atoms with Crippen LogP contribution in [0.15, 0.2) is 24.3 Å². The SMILES string of the molecule is CC(C)CS(=O)CCCC(=O)Nc1cccc(CN)c1. The van der Waals surface area contributed by atoms with Gasteiger partial charge in [-0.2, -0.15) is 0 Å². The summed E-state index contributed by atoms with van der Waals surface area (Å²) in [6.45, 7) is 4.56. The maximum absolute atomic E-state index is 11.8. The number of carbonyl (C=O) groups excluding carboxylic acids is 1. The molecular weight excluding hydrogens is 272 g/mol. The van der Waals surface area contributed by atoms with Crippen molar-refractivity contribution < 1.29 is 9.00 Å². The van der Waals surface area contributed by atoms with Crippen molar-refractivity contribution in [3.8, 4) is 0 Å². The third-order valence-electron chi connectivity index (χ3n) is 2.74. The lowest BCUT2D eigenvalue weighted by Gasteiger charge is -2.07. The Morgan fingerprint density at radius 3 is 2.80 bits per heavy atom. The molecule has 3 N–H and O–H groups in total. The molecule has 112 valence electrons. The van der Waals surface area contributed by atoms with Gasteiger partial charge < -0.3 is 11.1 Å². The van der Waals surface area contributed by atoms with Crippen molar-refractivity contribution in [3.05, 3.63) is 29.8 Å². The molecule has 0 saturated heterocycles. The van der Waals surface area contributed by atoms with Gasteiger partial charge in [0.1, 0.15) is 0 Å². The highest BCUT2D eigenvalue weighted by Gasteiger charge is 2.06. The van der Waals surface area contributed by atoms with Crippen molar-refractivity contribution in [3.63, 3.8) is 0 Å². The van der Waals surface area contributed by atoms with Gasteiger partial charge in [0, 0.05) is 41.0 Å². The fourth-order valence-electron chi connectivity index (χ4n) is 1.85. The van der Waals surface area contributed by atoms with Crippen molar-refractivity contribution in [1.82, 2.24) is 0 Å². The van der Waals surface area contributed by atoms with Gasteiger partial charge >= 0.3 is 0 Å². The molecule has 0 fully saturated rings. The molecule has 4 nitrogen and oxygen atoms in total. The second kappa shape index (κ2) is 8.87. The minimum absolute atomic E-state index is 0.0410. The van der Waals surface area contributed by atoms with Gasteiger partial charge in [-0.15, -0.1) is 0 Å². The summed E-state index contributed by atoms with van der Waals surface area (Å²) >= 11 is 0. The van der Waals surface area contributed by atoms with E-state index in [0.717, 1.165) is 11.3 Å². The summed E-state index contributed by atoms with van der Waals surface area (Å²) in [5.41, 5.74) is 7.31. The fraction of sp³-hybridized carbons (Fsp3) is 0.533. The van der Waals surface area contributed by atoms with Crippen LogP contribution >= 0.6 is 0 Å². The number of hydrogen-bond donors (Lipinski definition) is 2. The van der Waals surface area contributed by atoms with E-state index < -0.39 is 10.8 Å². The van der Waals surface area contributed by atoms with Crippen LogP contribution in [0.4, 0.5) is 5.69 Å². The van der Waals surface area contributed by atoms with Gasteiger partial charge in [-0.25, -0.2) is 0 Å². The molecule has 5 heteroatoms. The highest BCUT2D eigenvalue weighted by Crippen LogP contribution is 2.11. The molecule has 0 aliphatic carbocycles. The number of carbonyl (C=O) groups is 1. The van der Waals surface area contributed by atoms with Crippen molar-refractivity contribution in [2.75, 3.05) is 16.8 Å². The lowest BCUT2D eigenvalue weighted by Crippen LogP contribution is -2.14. The number of benzene rings is 1. The summed E-state index contributed by atoms with van der Waals surface area (Å²) in [7, 11) is -0.815. The van der Waals surface area contributed by atoms with E-state index in [2.05, 4.69) is 19.2 Å². The smallest absolute Gasteiger partial charge is 0.224 e. The van der Waals surface area contributed by atoms with Crippen LogP contribution in [0.3, 0.4) is 0 Å². The molecule has 0 aliphatic heterocycles. The molecule has 0 bridgehead atoms. The molecule has 0 aliphatic rings. The van der Waals surface area contributed by atoms with Crippen LogP contribution in [0.2, 0.25) is 0 Å². The predicted octanol–water partition coefficient (Wildman–Crippen LogP) is 2.27. The zero-order valence-electron chi connectivity index (χ0n) is 12.2. The second-order valence-electron chi connectivity index (χ2n) is 5.26. The zero-order chi connectivity index (χ0) is 15.0. The third kappa shape index (κ3) is 6.82. The minimum Gasteiger partial charge on any atom is -0.326 e. The molecule has 1 aromatic rings. The van der Waals surface area contributed by atoms with E-state index in [1.807, 2.05) is 24.3 Å². The summed E-state index contributed by atoms with van der Waals surface area (Å²) in [5.74, 6) is 1.69. The average molecular weight is 296 g/mol. The molecule has 0 spiro atoms. The number of anilines is 1. The number of nitrogens with two attached hydrogens (primary N) is 1. The molecule has 1 unspecified atom stereocenters. The predicted molar refractivity (Wildman–Crippen MR) is 84.9 cm³/mol. The first kappa shape index (κ1) is 16.9. The Morgan fingerprint density at radius 2 is 2.15 bits per heavy atom. The number of amides is 1. The number of hydrogen-bond acceptors (Lipinski definition) is 3. The molecular formula is C15H24N2O2S. The quantitative estimate of drug-likeness (QED) is 0.773. The van der Waals surface area contributed by atoms with Crippen molar-refractivity contribution in [2.24, 2.45) is 11.7 Å². The van der Waals surface area contributed by atoms with Crippen molar-refractivity contribution >= 4 is 22.4 Å². The van der Waals surface area contributed by atoms with E-state index in [4.69, 9.17) is 5.73 Å². The number of nitrogens with one attached hydrogen (secondary N) is 1. The van der Waals surface area contributed by atoms with E-state index in [0.29, 0.717) is 36.8 Å². The molecule has 1 aromatic carbocycles. The highest BCUT2D eigenvalue weighted by molar-refractivity contribution is 7.84. The monoisotopic (exact) mass is 296 g/mol. The van der Waals surface area contributed by atoms with E-state index in [9.17, 15) is 9.00 Å². The van der Waals surface area contributed by atoms with Gasteiger partial charge in [-0.05, 0) is 30.0 Å². The normalized spacial score (nSPS) is 12.4. The Labute approximate surface area is 123 Å². The summed E-state index contributed by atoms with van der Waals surface area (Å²) in [4.78, 5) is 11.8. The largest absolute Gasteiger partial charge is 0.326 e. The van der Waals surface area contributed by atoms with E-state index >= 15 is 0 Å². The molecule has 1 atom stereocenters. The van der Waals surface area contributed by atoms with Crippen LogP contribution in [0.5, 0.6) is 0 Å². The van der Waals surface area contributed by atoms with Crippen LogP contribution < -0.4 is 11.1 Å². The summed E-state index contributed by atoms with van der Waals surface area (Å²) < 4.78 is 11.6. The van der Waals surface area contributed by atoms with Gasteiger partial charge in [0.2, 0.25) is 5.91 Å². The first-order valence-corrected chi connectivity index (χ1v) is 8.44. The average Bonchev–Trinajstić information content (AvgIpc) is 2.38. The van der Waals surface area contributed by atoms with Crippen LogP contribution in [0, 0.1) is 5.92 Å². The minimum atomic E-state index is -0.815. The maximum atomic E-state index is 11.8. The molecule has 20 heavy (non-hydrogen) atoms. The maximum Gasteiger partial charge on any atom is 0.224 e. The topological polar surface area (TPSA) is 72.2 Å². The summed E-state index contributed by atoms with van der Waals surface area (Å²) in [6, 6.07) is 7.50. The first-order chi connectivity index (χ1) is 9.51. The van der Waals surface area contributed by atoms with Gasteiger partial charge in [-0.1, -0.05) is 26.0 Å². The lowest BCUT2D eigenvalue weighted by atomic mass is 10.2. The summed E-state index contributed by atoms with van der Waals surface area (Å²) in [5, 5.41) is 2.84. The van der Waals surface area contributed by atoms with E-state index in [1.165, 1.54) is 0 Å². The zero-order valence-corrected chi connectivity index (χ0v) is 13.0. The molecule has 0 heterocycles. The van der Waals surface area contributed by atoms with Gasteiger partial charge in [0.15, 0.2) is 0 Å². The Morgan fingerprint density at radius 1 is 1.40 bits per heavy atom. The van der Waals surface area contributed by atoms with E-state index in [-0.39, 0.29) is 5.91 Å². The van der Waals surface area contributed by atoms with Gasteiger partial charge in [0.25, 0.3) is 0 Å². The van der Waals surface area contributed by atoms with Crippen LogP contribution in [0.1, 0.15) is 32.3 Å². The Balaban J connectivity index is 2.31. The number of rotatable bonds is 8. The van der Waals surface area contributed by atoms with Crippen molar-refractivity contribution in [2.45, 2.75) is 33.2 Å². The molecule has 0 saturated carbocycles. The Hall–Kier alpha value is -1.20. The molecule has 0 aromatic heterocycles. The van der Waals surface area contributed by atoms with Gasteiger partial charge in [-0.3, -0.25) is 9.00 Å². The van der Waals surface area contributed by atoms with Crippen LogP contribution in [-0.2, 0) is 22.1 Å². The molecule has 1 rings (SSSR count). The van der Waals surface area contributed by atoms with Crippen molar-refractivity contribution in [1.29, 1.82) is 0 Å². The third-order valence-corrected chi connectivity index (χ3v) is 4.52. The lowest BCUT2D eigenvalue weighted by molar-refractivity contribution is -0.116. The van der Waals surface area contributed by atoms with Gasteiger partial charge in [0.05, 0.1) is 0 Å². The van der Waals surface area contributed by atoms with Crippen LogP contribution in [-0.4, -0.2) is 21.6 Å². The molecule has 0 radical (unpaired) electrons. The molecule has 1 amide bonds. The van der Waals surface area contributed by atoms with Crippen LogP contribution in [0.25, 0.3) is 0 Å². The highest BCUT2D eigenvalue weighted by atomic mass is 32.2. The Kier molecular flexibility index (Phi) is 7.47. The first-order valence-electron chi connectivity index (χ1n) is 6.95. The fourth-order valence-corrected chi connectivity index (χ4v) is 3.22. The second-order valence-corrected chi connectivity index (χ2v) is 6.88. The summed E-state index contributed by atoms with van der Waals surface area (Å²) in [6.07, 6.45) is 1.05. The standard InChI is InChI=1S/C15H24N2O2S/c1-12(2)11-20(19)8-4-7-15(18)17-14-6-3-5-13(9-14)10-16/h3,5-6,9,12H,4,7-8,10-11,16H2,1-2H3,(H,17,18). The van der Waals surface area contributed by atoms with E-state index in [1.54, 1.807) is 0 Å².